The van der Waals surface area contributed by atoms with Crippen molar-refractivity contribution in [3.05, 3.63) is 67.0 Å². The second-order valence-electron chi connectivity index (χ2n) is 5.46. The summed E-state index contributed by atoms with van der Waals surface area (Å²) in [6, 6.07) is 13.0. The van der Waals surface area contributed by atoms with Crippen molar-refractivity contribution < 1.29 is 4.39 Å². The number of anilines is 1. The van der Waals surface area contributed by atoms with Crippen molar-refractivity contribution >= 4 is 16.7 Å². The van der Waals surface area contributed by atoms with E-state index in [0.717, 1.165) is 22.0 Å². The van der Waals surface area contributed by atoms with Gasteiger partial charge in [0.1, 0.15) is 5.82 Å². The Balaban J connectivity index is 1.90. The molecule has 0 aliphatic carbocycles. The van der Waals surface area contributed by atoms with Gasteiger partial charge in [0.25, 0.3) is 0 Å². The zero-order valence-corrected chi connectivity index (χ0v) is 13.4. The van der Waals surface area contributed by atoms with E-state index in [2.05, 4.69) is 25.3 Å². The standard InChI is InChI=1S/C19H14FN5/c1-21-18-15-10-12(13-4-2-8-22-11-13)6-7-16(15)24-19(25-18)14-5-3-9-23-17(14)20/h2-11H,1H3,(H,21,24,25). The van der Waals surface area contributed by atoms with Gasteiger partial charge in [0, 0.05) is 36.6 Å². The van der Waals surface area contributed by atoms with Gasteiger partial charge in [-0.05, 0) is 35.9 Å². The lowest BCUT2D eigenvalue weighted by atomic mass is 10.0. The highest BCUT2D eigenvalue weighted by Crippen LogP contribution is 2.29. The van der Waals surface area contributed by atoms with Crippen molar-refractivity contribution in [3.8, 4) is 22.5 Å². The first kappa shape index (κ1) is 15.1. The van der Waals surface area contributed by atoms with Crippen molar-refractivity contribution in [2.45, 2.75) is 0 Å². The van der Waals surface area contributed by atoms with Gasteiger partial charge in [-0.25, -0.2) is 15.0 Å². The highest BCUT2D eigenvalue weighted by Gasteiger charge is 2.13. The second kappa shape index (κ2) is 6.24. The van der Waals surface area contributed by atoms with Gasteiger partial charge in [-0.15, -0.1) is 0 Å². The van der Waals surface area contributed by atoms with Gasteiger partial charge < -0.3 is 5.32 Å². The topological polar surface area (TPSA) is 63.6 Å². The van der Waals surface area contributed by atoms with E-state index in [1.807, 2.05) is 30.3 Å². The van der Waals surface area contributed by atoms with Crippen LogP contribution in [0.2, 0.25) is 0 Å². The average molecular weight is 331 g/mol. The summed E-state index contributed by atoms with van der Waals surface area (Å²) in [6.07, 6.45) is 4.95. The molecule has 0 spiro atoms. The van der Waals surface area contributed by atoms with Crippen LogP contribution in [0.1, 0.15) is 0 Å². The summed E-state index contributed by atoms with van der Waals surface area (Å²) in [4.78, 5) is 16.8. The van der Waals surface area contributed by atoms with Crippen molar-refractivity contribution in [1.29, 1.82) is 0 Å². The predicted octanol–water partition coefficient (Wildman–Crippen LogP) is 3.93. The molecule has 4 rings (SSSR count). The molecule has 0 saturated carbocycles. The molecule has 1 aromatic carbocycles. The lowest BCUT2D eigenvalue weighted by Crippen LogP contribution is -2.00. The van der Waals surface area contributed by atoms with Crippen LogP contribution in [-0.4, -0.2) is 27.0 Å². The van der Waals surface area contributed by atoms with Crippen LogP contribution in [0.5, 0.6) is 0 Å². The molecule has 0 amide bonds. The Kier molecular flexibility index (Phi) is 3.78. The molecule has 5 nitrogen and oxygen atoms in total. The summed E-state index contributed by atoms with van der Waals surface area (Å²) in [5.74, 6) is 0.349. The summed E-state index contributed by atoms with van der Waals surface area (Å²) in [7, 11) is 1.78. The monoisotopic (exact) mass is 331 g/mol. The Morgan fingerprint density at radius 3 is 2.60 bits per heavy atom. The third kappa shape index (κ3) is 2.78. The van der Waals surface area contributed by atoms with E-state index >= 15 is 0 Å². The molecule has 0 atom stereocenters. The summed E-state index contributed by atoms with van der Waals surface area (Å²) >= 11 is 0. The maximum Gasteiger partial charge on any atom is 0.223 e. The Morgan fingerprint density at radius 1 is 0.960 bits per heavy atom. The first-order chi connectivity index (χ1) is 12.3. The molecule has 0 aliphatic heterocycles. The first-order valence-electron chi connectivity index (χ1n) is 7.77. The van der Waals surface area contributed by atoms with Gasteiger partial charge >= 0.3 is 0 Å². The number of hydrogen-bond acceptors (Lipinski definition) is 5. The van der Waals surface area contributed by atoms with Crippen molar-refractivity contribution in [1.82, 2.24) is 19.9 Å². The molecule has 1 N–H and O–H groups in total. The molecule has 6 heteroatoms. The van der Waals surface area contributed by atoms with Gasteiger partial charge in [-0.1, -0.05) is 12.1 Å². The van der Waals surface area contributed by atoms with Crippen LogP contribution < -0.4 is 5.32 Å². The molecule has 0 aliphatic rings. The predicted molar refractivity (Wildman–Crippen MR) is 95.5 cm³/mol. The third-order valence-corrected chi connectivity index (χ3v) is 3.93. The van der Waals surface area contributed by atoms with Crippen LogP contribution in [0.15, 0.2) is 61.1 Å². The summed E-state index contributed by atoms with van der Waals surface area (Å²) in [5.41, 5.74) is 3.03. The zero-order valence-electron chi connectivity index (χ0n) is 13.4. The molecule has 25 heavy (non-hydrogen) atoms. The number of rotatable bonds is 3. The lowest BCUT2D eigenvalue weighted by molar-refractivity contribution is 0.586. The quantitative estimate of drug-likeness (QED) is 0.576. The molecule has 0 fully saturated rings. The molecule has 0 bridgehead atoms. The number of pyridine rings is 2. The van der Waals surface area contributed by atoms with Crippen LogP contribution in [0.3, 0.4) is 0 Å². The number of hydrogen-bond donors (Lipinski definition) is 1. The average Bonchev–Trinajstić information content (AvgIpc) is 2.67. The van der Waals surface area contributed by atoms with Gasteiger partial charge in [0.15, 0.2) is 5.82 Å². The van der Waals surface area contributed by atoms with Crippen LogP contribution in [0, 0.1) is 5.95 Å². The summed E-state index contributed by atoms with van der Waals surface area (Å²) < 4.78 is 14.0. The first-order valence-corrected chi connectivity index (χ1v) is 7.77. The number of halogens is 1. The van der Waals surface area contributed by atoms with E-state index < -0.39 is 5.95 Å². The number of nitrogens with zero attached hydrogens (tertiary/aromatic N) is 4. The minimum Gasteiger partial charge on any atom is -0.373 e. The second-order valence-corrected chi connectivity index (χ2v) is 5.46. The van der Waals surface area contributed by atoms with E-state index in [0.29, 0.717) is 11.6 Å². The molecule has 3 heterocycles. The van der Waals surface area contributed by atoms with E-state index in [4.69, 9.17) is 0 Å². The van der Waals surface area contributed by atoms with E-state index in [1.54, 1.807) is 31.6 Å². The fourth-order valence-electron chi connectivity index (χ4n) is 2.71. The van der Waals surface area contributed by atoms with Crippen molar-refractivity contribution in [2.24, 2.45) is 0 Å². The maximum atomic E-state index is 14.0. The van der Waals surface area contributed by atoms with Gasteiger partial charge in [0.05, 0.1) is 11.1 Å². The van der Waals surface area contributed by atoms with Gasteiger partial charge in [-0.2, -0.15) is 4.39 Å². The number of benzene rings is 1. The Hall–Kier alpha value is -3.41. The maximum absolute atomic E-state index is 14.0. The minimum absolute atomic E-state index is 0.275. The number of fused-ring (bicyclic) bond motifs is 1. The van der Waals surface area contributed by atoms with E-state index in [9.17, 15) is 4.39 Å². The highest BCUT2D eigenvalue weighted by atomic mass is 19.1. The number of aromatic nitrogens is 4. The molecule has 122 valence electrons. The number of nitrogens with one attached hydrogen (secondary N) is 1. The minimum atomic E-state index is -0.587. The smallest absolute Gasteiger partial charge is 0.223 e. The SMILES string of the molecule is CNc1nc(-c2cccnc2F)nc2ccc(-c3cccnc3)cc12. The largest absolute Gasteiger partial charge is 0.373 e. The normalized spacial score (nSPS) is 10.8. The molecule has 0 saturated heterocycles. The summed E-state index contributed by atoms with van der Waals surface area (Å²) in [6.45, 7) is 0. The highest BCUT2D eigenvalue weighted by molar-refractivity contribution is 5.93. The van der Waals surface area contributed by atoms with Gasteiger partial charge in [-0.3, -0.25) is 4.98 Å². The van der Waals surface area contributed by atoms with Crippen LogP contribution in [-0.2, 0) is 0 Å². The van der Waals surface area contributed by atoms with Crippen LogP contribution in [0.4, 0.5) is 10.2 Å². The fraction of sp³-hybridized carbons (Fsp3) is 0.0526. The molecular formula is C19H14FN5. The Labute approximate surface area is 143 Å². The molecule has 4 aromatic rings. The molecule has 0 radical (unpaired) electrons. The lowest BCUT2D eigenvalue weighted by Gasteiger charge is -2.10. The Morgan fingerprint density at radius 2 is 1.84 bits per heavy atom. The Bertz CT molecular complexity index is 1050. The summed E-state index contributed by atoms with van der Waals surface area (Å²) in [5, 5.41) is 3.93. The van der Waals surface area contributed by atoms with Crippen LogP contribution >= 0.6 is 0 Å². The van der Waals surface area contributed by atoms with E-state index in [1.165, 1.54) is 6.20 Å². The van der Waals surface area contributed by atoms with E-state index in [-0.39, 0.29) is 5.56 Å². The zero-order chi connectivity index (χ0) is 17.2. The third-order valence-electron chi connectivity index (χ3n) is 3.93. The molecule has 3 aromatic heterocycles. The molecule has 0 unspecified atom stereocenters. The van der Waals surface area contributed by atoms with Crippen molar-refractivity contribution in [2.75, 3.05) is 12.4 Å². The fourth-order valence-corrected chi connectivity index (χ4v) is 2.71. The van der Waals surface area contributed by atoms with Crippen molar-refractivity contribution in [3.63, 3.8) is 0 Å². The molecular weight excluding hydrogens is 317 g/mol. The van der Waals surface area contributed by atoms with Crippen LogP contribution in [0.25, 0.3) is 33.4 Å². The van der Waals surface area contributed by atoms with Gasteiger partial charge in [0.2, 0.25) is 5.95 Å².